The molecule has 0 aliphatic carbocycles. The second-order valence-corrected chi connectivity index (χ2v) is 6.56. The van der Waals surface area contributed by atoms with Crippen LogP contribution in [0.1, 0.15) is 27.2 Å². The molecule has 0 N–H and O–H groups in total. The maximum atomic E-state index is 12.7. The van der Waals surface area contributed by atoms with Crippen LogP contribution < -0.4 is 5.56 Å². The Balaban J connectivity index is 1.74. The molecule has 0 radical (unpaired) electrons. The summed E-state index contributed by atoms with van der Waals surface area (Å²) in [5.41, 5.74) is 0.409. The molecule has 1 aromatic heterocycles. The molecule has 5 nitrogen and oxygen atoms in total. The van der Waals surface area contributed by atoms with Gasteiger partial charge in [-0.2, -0.15) is 18.3 Å². The number of rotatable bonds is 5. The van der Waals surface area contributed by atoms with Gasteiger partial charge in [-0.15, -0.1) is 0 Å². The fourth-order valence-corrected chi connectivity index (χ4v) is 2.77. The van der Waals surface area contributed by atoms with Gasteiger partial charge in [0.05, 0.1) is 12.1 Å². The first kappa shape index (κ1) is 20.3. The van der Waals surface area contributed by atoms with Crippen molar-refractivity contribution in [3.05, 3.63) is 99.5 Å². The van der Waals surface area contributed by atoms with E-state index in [1.807, 2.05) is 30.3 Å². The number of hydrogen-bond donors (Lipinski definition) is 0. The summed E-state index contributed by atoms with van der Waals surface area (Å²) < 4.78 is 39.2. The minimum atomic E-state index is -4.41. The van der Waals surface area contributed by atoms with Crippen molar-refractivity contribution in [1.29, 1.82) is 0 Å². The average molecular weight is 401 g/mol. The van der Waals surface area contributed by atoms with Crippen molar-refractivity contribution in [2.75, 3.05) is 7.05 Å². The van der Waals surface area contributed by atoms with Crippen LogP contribution in [-0.2, 0) is 19.3 Å². The van der Waals surface area contributed by atoms with Gasteiger partial charge in [-0.05, 0) is 29.3 Å². The lowest BCUT2D eigenvalue weighted by Crippen LogP contribution is -2.31. The molecule has 2 aromatic carbocycles. The summed E-state index contributed by atoms with van der Waals surface area (Å²) in [6.45, 7) is 0.333. The zero-order valence-electron chi connectivity index (χ0n) is 15.6. The smallest absolute Gasteiger partial charge is 0.336 e. The summed E-state index contributed by atoms with van der Waals surface area (Å²) in [7, 11) is 1.52. The van der Waals surface area contributed by atoms with Gasteiger partial charge < -0.3 is 4.90 Å². The number of hydrogen-bond acceptors (Lipinski definition) is 3. The van der Waals surface area contributed by atoms with E-state index in [9.17, 15) is 22.8 Å². The van der Waals surface area contributed by atoms with Gasteiger partial charge in [0.1, 0.15) is 5.69 Å². The maximum Gasteiger partial charge on any atom is 0.416 e. The molecule has 0 fully saturated rings. The van der Waals surface area contributed by atoms with E-state index in [1.54, 1.807) is 0 Å². The van der Waals surface area contributed by atoms with E-state index in [2.05, 4.69) is 5.10 Å². The molecule has 0 saturated carbocycles. The Kier molecular flexibility index (Phi) is 5.81. The number of carbonyl (C=O) groups excluding carboxylic acids is 1. The van der Waals surface area contributed by atoms with Gasteiger partial charge in [0.25, 0.3) is 11.5 Å². The molecule has 0 spiro atoms. The van der Waals surface area contributed by atoms with Gasteiger partial charge in [-0.1, -0.05) is 42.5 Å². The Labute approximate surface area is 165 Å². The quantitative estimate of drug-likeness (QED) is 0.657. The molecule has 29 heavy (non-hydrogen) atoms. The monoisotopic (exact) mass is 401 g/mol. The first-order valence-electron chi connectivity index (χ1n) is 8.78. The van der Waals surface area contributed by atoms with Crippen molar-refractivity contribution in [3.8, 4) is 0 Å². The third-order valence-corrected chi connectivity index (χ3v) is 4.31. The van der Waals surface area contributed by atoms with Crippen molar-refractivity contribution >= 4 is 5.91 Å². The molecule has 8 heteroatoms. The predicted molar refractivity (Wildman–Crippen MR) is 101 cm³/mol. The van der Waals surface area contributed by atoms with Crippen LogP contribution >= 0.6 is 0 Å². The second kappa shape index (κ2) is 8.30. The predicted octanol–water partition coefficient (Wildman–Crippen LogP) is 3.58. The summed E-state index contributed by atoms with van der Waals surface area (Å²) in [5.74, 6) is -0.438. The maximum absolute atomic E-state index is 12.7. The SMILES string of the molecule is CN(Cc1ccc(C(F)(F)F)cc1)C(=O)c1ccc(=O)n(Cc2ccccc2)n1. The molecular formula is C21H18F3N3O2. The Hall–Kier alpha value is -3.42. The Bertz CT molecular complexity index is 1050. The molecule has 0 bridgehead atoms. The van der Waals surface area contributed by atoms with E-state index in [0.717, 1.165) is 17.7 Å². The number of carbonyl (C=O) groups is 1. The number of amides is 1. The number of alkyl halides is 3. The van der Waals surface area contributed by atoms with Crippen LogP contribution in [0.5, 0.6) is 0 Å². The summed E-state index contributed by atoms with van der Waals surface area (Å²) in [4.78, 5) is 26.1. The van der Waals surface area contributed by atoms with Gasteiger partial charge in [0, 0.05) is 19.7 Å². The van der Waals surface area contributed by atoms with Crippen molar-refractivity contribution < 1.29 is 18.0 Å². The van der Waals surface area contributed by atoms with Crippen LogP contribution in [0, 0.1) is 0 Å². The highest BCUT2D eigenvalue weighted by Gasteiger charge is 2.30. The Morgan fingerprint density at radius 3 is 2.24 bits per heavy atom. The van der Waals surface area contributed by atoms with E-state index in [1.165, 1.54) is 40.9 Å². The summed E-state index contributed by atoms with van der Waals surface area (Å²) in [6.07, 6.45) is -4.41. The van der Waals surface area contributed by atoms with Crippen LogP contribution in [0.2, 0.25) is 0 Å². The molecule has 3 aromatic rings. The average Bonchev–Trinajstić information content (AvgIpc) is 2.69. The normalized spacial score (nSPS) is 11.3. The van der Waals surface area contributed by atoms with E-state index in [-0.39, 0.29) is 24.3 Å². The molecular weight excluding hydrogens is 383 g/mol. The molecule has 1 heterocycles. The zero-order valence-corrected chi connectivity index (χ0v) is 15.6. The molecule has 0 saturated heterocycles. The highest BCUT2D eigenvalue weighted by molar-refractivity contribution is 5.91. The van der Waals surface area contributed by atoms with Crippen molar-refractivity contribution in [1.82, 2.24) is 14.7 Å². The lowest BCUT2D eigenvalue weighted by atomic mass is 10.1. The first-order valence-corrected chi connectivity index (χ1v) is 8.78. The van der Waals surface area contributed by atoms with Crippen LogP contribution in [0.3, 0.4) is 0 Å². The molecule has 1 amide bonds. The second-order valence-electron chi connectivity index (χ2n) is 6.56. The van der Waals surface area contributed by atoms with Crippen LogP contribution in [0.4, 0.5) is 13.2 Å². The molecule has 3 rings (SSSR count). The fraction of sp³-hybridized carbons (Fsp3) is 0.190. The molecule has 0 unspecified atom stereocenters. The number of aromatic nitrogens is 2. The standard InChI is InChI=1S/C21H18F3N3O2/c1-26(13-16-7-9-17(10-8-16)21(22,23)24)20(29)18-11-12-19(28)27(25-18)14-15-5-3-2-4-6-15/h2-12H,13-14H2,1H3. The van der Waals surface area contributed by atoms with Crippen molar-refractivity contribution in [2.45, 2.75) is 19.3 Å². The van der Waals surface area contributed by atoms with Crippen LogP contribution in [0.25, 0.3) is 0 Å². The lowest BCUT2D eigenvalue weighted by Gasteiger charge is -2.18. The molecule has 150 valence electrons. The summed E-state index contributed by atoms with van der Waals surface area (Å²) >= 11 is 0. The fourth-order valence-electron chi connectivity index (χ4n) is 2.77. The number of nitrogens with zero attached hydrogens (tertiary/aromatic N) is 3. The zero-order chi connectivity index (χ0) is 21.0. The Morgan fingerprint density at radius 1 is 0.966 bits per heavy atom. The van der Waals surface area contributed by atoms with Crippen LogP contribution in [0.15, 0.2) is 71.5 Å². The summed E-state index contributed by atoms with van der Waals surface area (Å²) in [6, 6.07) is 16.5. The highest BCUT2D eigenvalue weighted by atomic mass is 19.4. The third kappa shape index (κ3) is 5.10. The van der Waals surface area contributed by atoms with E-state index in [4.69, 9.17) is 0 Å². The van der Waals surface area contributed by atoms with Crippen molar-refractivity contribution in [3.63, 3.8) is 0 Å². The topological polar surface area (TPSA) is 55.2 Å². The lowest BCUT2D eigenvalue weighted by molar-refractivity contribution is -0.137. The van der Waals surface area contributed by atoms with Crippen molar-refractivity contribution in [2.24, 2.45) is 0 Å². The molecule has 0 atom stereocenters. The van der Waals surface area contributed by atoms with E-state index in [0.29, 0.717) is 5.56 Å². The molecule has 0 aliphatic rings. The van der Waals surface area contributed by atoms with E-state index < -0.39 is 17.6 Å². The van der Waals surface area contributed by atoms with Gasteiger partial charge in [0.2, 0.25) is 0 Å². The largest absolute Gasteiger partial charge is 0.416 e. The Morgan fingerprint density at radius 2 is 1.62 bits per heavy atom. The van der Waals surface area contributed by atoms with E-state index >= 15 is 0 Å². The first-order chi connectivity index (χ1) is 13.7. The minimum Gasteiger partial charge on any atom is -0.336 e. The third-order valence-electron chi connectivity index (χ3n) is 4.31. The highest BCUT2D eigenvalue weighted by Crippen LogP contribution is 2.29. The molecule has 0 aliphatic heterocycles. The summed E-state index contributed by atoms with van der Waals surface area (Å²) in [5, 5.41) is 4.14. The minimum absolute atomic E-state index is 0.0787. The van der Waals surface area contributed by atoms with Gasteiger partial charge in [0.15, 0.2) is 0 Å². The van der Waals surface area contributed by atoms with Gasteiger partial charge in [-0.3, -0.25) is 9.59 Å². The van der Waals surface area contributed by atoms with Crippen LogP contribution in [-0.4, -0.2) is 27.6 Å². The number of benzene rings is 2. The van der Waals surface area contributed by atoms with Gasteiger partial charge >= 0.3 is 6.18 Å². The van der Waals surface area contributed by atoms with Gasteiger partial charge in [-0.25, -0.2) is 4.68 Å². The number of halogens is 3.